The largest absolute Gasteiger partial charge is 0.384 e. The lowest BCUT2D eigenvalue weighted by molar-refractivity contribution is 0.0912. The molecule has 144 valence electrons. The molecule has 11 nitrogen and oxygen atoms in total. The minimum atomic E-state index is -0.765. The van der Waals surface area contributed by atoms with E-state index in [1.165, 1.54) is 4.57 Å². The lowest BCUT2D eigenvalue weighted by atomic mass is 10.2. The topological polar surface area (TPSA) is 151 Å². The summed E-state index contributed by atoms with van der Waals surface area (Å²) in [6, 6.07) is -0.0488. The molecular weight excluding hydrogens is 374 g/mol. The van der Waals surface area contributed by atoms with Gasteiger partial charge >= 0.3 is 5.69 Å². The number of tetrazole rings is 1. The van der Waals surface area contributed by atoms with Crippen molar-refractivity contribution in [3.05, 3.63) is 26.4 Å². The van der Waals surface area contributed by atoms with Gasteiger partial charge in [-0.25, -0.2) is 9.48 Å². The molecule has 0 bridgehead atoms. The van der Waals surface area contributed by atoms with Crippen LogP contribution in [0.3, 0.4) is 0 Å². The first-order chi connectivity index (χ1) is 13.0. The van der Waals surface area contributed by atoms with Crippen LogP contribution in [-0.4, -0.2) is 54.0 Å². The van der Waals surface area contributed by atoms with Gasteiger partial charge in [0.25, 0.3) is 5.56 Å². The van der Waals surface area contributed by atoms with E-state index in [0.29, 0.717) is 11.7 Å². The standard InChI is InChI=1S/C15H19N7O4S/c16-12-11(13(24)17-14(25)22(12)8-3-4-8)10(23)7-27-15-18-19-20-21(15)6-9-2-1-5-26-9/h8-9H,1-7,16H2,(H,17,24,25)/t9-/m1/s1. The van der Waals surface area contributed by atoms with Crippen molar-refractivity contribution in [1.82, 2.24) is 29.8 Å². The van der Waals surface area contributed by atoms with Crippen LogP contribution in [0, 0.1) is 0 Å². The number of nitrogens with zero attached hydrogens (tertiary/aromatic N) is 5. The number of anilines is 1. The van der Waals surface area contributed by atoms with Gasteiger partial charge in [0.15, 0.2) is 5.78 Å². The summed E-state index contributed by atoms with van der Waals surface area (Å²) in [6.45, 7) is 1.24. The Morgan fingerprint density at radius 3 is 2.85 bits per heavy atom. The number of ether oxygens (including phenoxy) is 1. The summed E-state index contributed by atoms with van der Waals surface area (Å²) in [6.07, 6.45) is 3.61. The van der Waals surface area contributed by atoms with E-state index in [1.54, 1.807) is 4.68 Å². The second-order valence-corrected chi connectivity index (χ2v) is 7.55. The fourth-order valence-corrected chi connectivity index (χ4v) is 3.89. The van der Waals surface area contributed by atoms with E-state index in [0.717, 1.165) is 44.1 Å². The zero-order chi connectivity index (χ0) is 19.0. The van der Waals surface area contributed by atoms with Crippen molar-refractivity contribution in [3.63, 3.8) is 0 Å². The highest BCUT2D eigenvalue weighted by atomic mass is 32.2. The van der Waals surface area contributed by atoms with Crippen LogP contribution in [0.2, 0.25) is 0 Å². The molecule has 0 aromatic carbocycles. The molecule has 1 saturated carbocycles. The predicted octanol–water partition coefficient (Wildman–Crippen LogP) is -0.406. The molecule has 3 N–H and O–H groups in total. The summed E-state index contributed by atoms with van der Waals surface area (Å²) in [5, 5.41) is 12.0. The average molecular weight is 393 g/mol. The normalized spacial score (nSPS) is 19.5. The second kappa shape index (κ2) is 7.27. The SMILES string of the molecule is Nc1c(C(=O)CSc2nnnn2C[C@H]2CCCO2)c(=O)[nH]c(=O)n1C1CC1. The van der Waals surface area contributed by atoms with Crippen molar-refractivity contribution in [2.45, 2.75) is 49.5 Å². The Morgan fingerprint density at radius 1 is 1.33 bits per heavy atom. The number of aromatic amines is 1. The Hall–Kier alpha value is -2.47. The Kier molecular flexibility index (Phi) is 4.83. The molecule has 0 radical (unpaired) electrons. The molecule has 2 fully saturated rings. The number of nitrogen functional groups attached to an aromatic ring is 1. The van der Waals surface area contributed by atoms with Crippen LogP contribution < -0.4 is 17.0 Å². The third-order valence-electron chi connectivity index (χ3n) is 4.60. The Morgan fingerprint density at radius 2 is 2.15 bits per heavy atom. The number of Topliss-reactive ketones (excluding diaryl/α,β-unsaturated/α-hetero) is 1. The van der Waals surface area contributed by atoms with E-state index in [-0.39, 0.29) is 29.3 Å². The number of hydrogen-bond acceptors (Lipinski definition) is 9. The van der Waals surface area contributed by atoms with Gasteiger partial charge in [-0.1, -0.05) is 11.8 Å². The van der Waals surface area contributed by atoms with Crippen LogP contribution in [0.25, 0.3) is 0 Å². The molecule has 1 atom stereocenters. The monoisotopic (exact) mass is 393 g/mol. The summed E-state index contributed by atoms with van der Waals surface area (Å²) < 4.78 is 8.46. The van der Waals surface area contributed by atoms with Crippen LogP contribution in [0.1, 0.15) is 42.1 Å². The minimum absolute atomic E-state index is 0.0488. The highest BCUT2D eigenvalue weighted by Gasteiger charge is 2.30. The summed E-state index contributed by atoms with van der Waals surface area (Å²) in [5.74, 6) is -0.613. The molecule has 2 aliphatic rings. The molecule has 0 unspecified atom stereocenters. The Bertz CT molecular complexity index is 971. The number of carbonyl (C=O) groups is 1. The van der Waals surface area contributed by atoms with Crippen LogP contribution in [-0.2, 0) is 11.3 Å². The molecular formula is C15H19N7O4S. The third-order valence-corrected chi connectivity index (χ3v) is 5.56. The van der Waals surface area contributed by atoms with Crippen molar-refractivity contribution in [2.24, 2.45) is 0 Å². The van der Waals surface area contributed by atoms with Gasteiger partial charge in [-0.05, 0) is 36.1 Å². The highest BCUT2D eigenvalue weighted by molar-refractivity contribution is 7.99. The number of hydrogen-bond donors (Lipinski definition) is 2. The summed E-state index contributed by atoms with van der Waals surface area (Å²) in [7, 11) is 0. The first-order valence-electron chi connectivity index (χ1n) is 8.72. The van der Waals surface area contributed by atoms with Crippen LogP contribution in [0.15, 0.2) is 14.7 Å². The fourth-order valence-electron chi connectivity index (χ4n) is 3.13. The van der Waals surface area contributed by atoms with Crippen molar-refractivity contribution in [3.8, 4) is 0 Å². The van der Waals surface area contributed by atoms with E-state index in [2.05, 4.69) is 20.5 Å². The number of H-pyrrole nitrogens is 1. The minimum Gasteiger partial charge on any atom is -0.384 e. The van der Waals surface area contributed by atoms with E-state index < -0.39 is 17.0 Å². The van der Waals surface area contributed by atoms with E-state index in [4.69, 9.17) is 10.5 Å². The van der Waals surface area contributed by atoms with Gasteiger partial charge in [-0.3, -0.25) is 19.1 Å². The molecule has 27 heavy (non-hydrogen) atoms. The number of carbonyl (C=O) groups excluding carboxylic acids is 1. The average Bonchev–Trinajstić information content (AvgIpc) is 3.14. The van der Waals surface area contributed by atoms with Gasteiger partial charge < -0.3 is 10.5 Å². The van der Waals surface area contributed by atoms with Crippen LogP contribution >= 0.6 is 11.8 Å². The molecule has 1 aliphatic carbocycles. The van der Waals surface area contributed by atoms with Gasteiger partial charge in [-0.2, -0.15) is 0 Å². The maximum absolute atomic E-state index is 12.6. The predicted molar refractivity (Wildman–Crippen MR) is 95.9 cm³/mol. The molecule has 0 spiro atoms. The van der Waals surface area contributed by atoms with Crippen LogP contribution in [0.5, 0.6) is 0 Å². The number of rotatable bonds is 7. The van der Waals surface area contributed by atoms with Gasteiger partial charge in [0.05, 0.1) is 18.4 Å². The number of thioether (sulfide) groups is 1. The number of nitrogens with one attached hydrogen (secondary N) is 1. The fraction of sp³-hybridized carbons (Fsp3) is 0.600. The van der Waals surface area contributed by atoms with Crippen molar-refractivity contribution in [1.29, 1.82) is 0 Å². The summed E-state index contributed by atoms with van der Waals surface area (Å²) in [4.78, 5) is 38.8. The molecule has 1 saturated heterocycles. The molecule has 0 amide bonds. The maximum atomic E-state index is 12.6. The molecule has 4 rings (SSSR count). The van der Waals surface area contributed by atoms with Crippen LogP contribution in [0.4, 0.5) is 5.82 Å². The molecule has 2 aromatic rings. The number of aromatic nitrogens is 6. The zero-order valence-electron chi connectivity index (χ0n) is 14.5. The van der Waals surface area contributed by atoms with Crippen molar-refractivity contribution >= 4 is 23.4 Å². The maximum Gasteiger partial charge on any atom is 0.330 e. The number of nitrogens with two attached hydrogens (primary N) is 1. The first-order valence-corrected chi connectivity index (χ1v) is 9.71. The Balaban J connectivity index is 1.49. The van der Waals surface area contributed by atoms with Gasteiger partial charge in [0.1, 0.15) is 11.4 Å². The lowest BCUT2D eigenvalue weighted by Gasteiger charge is -2.11. The lowest BCUT2D eigenvalue weighted by Crippen LogP contribution is -2.36. The first kappa shape index (κ1) is 17.9. The molecule has 3 heterocycles. The summed E-state index contributed by atoms with van der Waals surface area (Å²) in [5.41, 5.74) is 4.43. The molecule has 2 aromatic heterocycles. The second-order valence-electron chi connectivity index (χ2n) is 6.61. The van der Waals surface area contributed by atoms with Crippen molar-refractivity contribution < 1.29 is 9.53 Å². The zero-order valence-corrected chi connectivity index (χ0v) is 15.3. The Labute approximate surface area is 157 Å². The molecule has 12 heteroatoms. The van der Waals surface area contributed by atoms with Gasteiger partial charge in [0.2, 0.25) is 5.16 Å². The van der Waals surface area contributed by atoms with E-state index in [9.17, 15) is 14.4 Å². The van der Waals surface area contributed by atoms with Gasteiger partial charge in [0, 0.05) is 12.6 Å². The quantitative estimate of drug-likeness (QED) is 0.472. The smallest absolute Gasteiger partial charge is 0.330 e. The highest BCUT2D eigenvalue weighted by Crippen LogP contribution is 2.35. The van der Waals surface area contributed by atoms with Crippen molar-refractivity contribution in [2.75, 3.05) is 18.1 Å². The third kappa shape index (κ3) is 3.67. The number of ketones is 1. The van der Waals surface area contributed by atoms with Gasteiger partial charge in [-0.15, -0.1) is 5.10 Å². The van der Waals surface area contributed by atoms with E-state index >= 15 is 0 Å². The molecule has 1 aliphatic heterocycles. The summed E-state index contributed by atoms with van der Waals surface area (Å²) >= 11 is 1.12. The van der Waals surface area contributed by atoms with E-state index in [1.807, 2.05) is 0 Å².